The van der Waals surface area contributed by atoms with Crippen molar-refractivity contribution >= 4 is 0 Å². The fourth-order valence-electron chi connectivity index (χ4n) is 5.40. The van der Waals surface area contributed by atoms with E-state index in [1.165, 1.54) is 6.92 Å². The summed E-state index contributed by atoms with van der Waals surface area (Å²) in [7, 11) is 0. The lowest BCUT2D eigenvalue weighted by molar-refractivity contribution is -0.143. The summed E-state index contributed by atoms with van der Waals surface area (Å²) in [5, 5.41) is 7.92. The zero-order valence-corrected chi connectivity index (χ0v) is 19.9. The van der Waals surface area contributed by atoms with Crippen LogP contribution in [-0.4, -0.2) is 28.0 Å². The first-order chi connectivity index (χ1) is 17.4. The van der Waals surface area contributed by atoms with E-state index in [4.69, 9.17) is 9.47 Å². The van der Waals surface area contributed by atoms with Gasteiger partial charge >= 0.3 is 18.4 Å². The molecule has 0 amide bonds. The molecule has 0 bridgehead atoms. The van der Waals surface area contributed by atoms with Crippen molar-refractivity contribution in [3.05, 3.63) is 77.1 Å². The summed E-state index contributed by atoms with van der Waals surface area (Å²) in [6.45, 7) is 2.10. The van der Waals surface area contributed by atoms with E-state index in [2.05, 4.69) is 10.2 Å². The lowest BCUT2D eigenvalue weighted by Gasteiger charge is -2.45. The third kappa shape index (κ3) is 4.81. The third-order valence-electron chi connectivity index (χ3n) is 7.71. The summed E-state index contributed by atoms with van der Waals surface area (Å²) in [5.41, 5.74) is -2.61. The van der Waals surface area contributed by atoms with Crippen LogP contribution < -0.4 is 4.74 Å². The molecule has 1 spiro atoms. The van der Waals surface area contributed by atoms with Crippen LogP contribution in [0.15, 0.2) is 54.9 Å². The largest absolute Gasteiger partial charge is 0.461 e. The number of alkyl halides is 6. The van der Waals surface area contributed by atoms with Gasteiger partial charge in [-0.1, -0.05) is 35.4 Å². The molecule has 0 radical (unpaired) electrons. The molecule has 2 heterocycles. The maximum absolute atomic E-state index is 13.4. The molecule has 198 valence electrons. The maximum atomic E-state index is 13.4. The Morgan fingerprint density at radius 1 is 0.946 bits per heavy atom. The van der Waals surface area contributed by atoms with Crippen molar-refractivity contribution in [3.8, 4) is 6.01 Å². The van der Waals surface area contributed by atoms with Gasteiger partial charge < -0.3 is 9.47 Å². The molecule has 3 aromatic rings. The monoisotopic (exact) mass is 525 g/mol. The minimum absolute atomic E-state index is 0.130. The van der Waals surface area contributed by atoms with Gasteiger partial charge in [0.05, 0.1) is 29.4 Å². The van der Waals surface area contributed by atoms with Gasteiger partial charge in [-0.25, -0.2) is 0 Å². The second kappa shape index (κ2) is 9.04. The number of fused-ring (bicyclic) bond motifs is 2. The minimum atomic E-state index is -4.91. The molecule has 2 aliphatic rings. The molecule has 11 heteroatoms. The zero-order valence-electron chi connectivity index (χ0n) is 19.9. The van der Waals surface area contributed by atoms with Crippen molar-refractivity contribution in [1.82, 2.24) is 14.8 Å². The van der Waals surface area contributed by atoms with E-state index in [1.54, 1.807) is 6.33 Å². The highest BCUT2D eigenvalue weighted by atomic mass is 19.4. The van der Waals surface area contributed by atoms with Crippen molar-refractivity contribution in [3.63, 3.8) is 0 Å². The Hall–Kier alpha value is -3.08. The Kier molecular flexibility index (Phi) is 6.24. The molecule has 1 fully saturated rings. The Morgan fingerprint density at radius 3 is 2.16 bits per heavy atom. The van der Waals surface area contributed by atoms with Crippen LogP contribution in [0.2, 0.25) is 0 Å². The van der Waals surface area contributed by atoms with E-state index in [1.807, 2.05) is 34.9 Å². The van der Waals surface area contributed by atoms with Gasteiger partial charge in [-0.3, -0.25) is 4.57 Å². The molecule has 1 saturated carbocycles. The lowest BCUT2D eigenvalue weighted by Crippen LogP contribution is -2.45. The minimum Gasteiger partial charge on any atom is -0.461 e. The molecule has 37 heavy (non-hydrogen) atoms. The second-order valence-electron chi connectivity index (χ2n) is 9.94. The number of aromatic nitrogens is 3. The maximum Gasteiger partial charge on any atom is 0.416 e. The first kappa shape index (κ1) is 25.6. The molecule has 0 N–H and O–H groups in total. The molecule has 0 saturated heterocycles. The van der Waals surface area contributed by atoms with Gasteiger partial charge in [0.15, 0.2) is 0 Å². The van der Waals surface area contributed by atoms with Crippen molar-refractivity contribution < 1.29 is 35.8 Å². The van der Waals surface area contributed by atoms with Crippen LogP contribution in [0.25, 0.3) is 0 Å². The topological polar surface area (TPSA) is 49.2 Å². The average Bonchev–Trinajstić information content (AvgIpc) is 3.47. The van der Waals surface area contributed by atoms with E-state index >= 15 is 0 Å². The molecule has 2 aromatic carbocycles. The number of halogens is 6. The summed E-state index contributed by atoms with van der Waals surface area (Å²) in [6.07, 6.45) is -6.34. The van der Waals surface area contributed by atoms with Gasteiger partial charge in [0.25, 0.3) is 0 Å². The van der Waals surface area contributed by atoms with Crippen LogP contribution in [0.5, 0.6) is 6.01 Å². The first-order valence-corrected chi connectivity index (χ1v) is 11.9. The Bertz CT molecular complexity index is 1210. The van der Waals surface area contributed by atoms with Crippen molar-refractivity contribution in [1.29, 1.82) is 0 Å². The number of ether oxygens (including phenoxy) is 2. The highest BCUT2D eigenvalue weighted by Gasteiger charge is 2.49. The van der Waals surface area contributed by atoms with E-state index in [9.17, 15) is 26.3 Å². The zero-order chi connectivity index (χ0) is 26.5. The highest BCUT2D eigenvalue weighted by Crippen LogP contribution is 2.50. The van der Waals surface area contributed by atoms with Gasteiger partial charge in [0.1, 0.15) is 12.9 Å². The van der Waals surface area contributed by atoms with Crippen LogP contribution in [0.3, 0.4) is 0 Å². The normalized spacial score (nSPS) is 24.6. The standard InChI is InChI=1S/C26H25F6N3O2/c1-17(18-11-20(25(27,28)29)13-21(12-18)26(30,31)32)36-14-23(19-5-3-2-4-6-19)7-9-24(10-8-23)15-37-22-34-33-16-35(22)24/h2-6,11-13,16-17H,7-10,14-15H2,1H3/t17-,23?,24?/m1/s1. The predicted molar refractivity (Wildman–Crippen MR) is 121 cm³/mol. The molecular weight excluding hydrogens is 500 g/mol. The van der Waals surface area contributed by atoms with Crippen LogP contribution in [0.4, 0.5) is 26.3 Å². The number of benzene rings is 2. The smallest absolute Gasteiger partial charge is 0.416 e. The highest BCUT2D eigenvalue weighted by molar-refractivity contribution is 5.35. The average molecular weight is 525 g/mol. The molecule has 1 aliphatic carbocycles. The number of hydrogen-bond donors (Lipinski definition) is 0. The SMILES string of the molecule is C[C@@H](OCC1(c2ccccc2)CCC2(CC1)COc1nncn12)c1cc(C(F)(F)F)cc(C(F)(F)F)c1. The summed E-state index contributed by atoms with van der Waals surface area (Å²) in [4.78, 5) is 0. The molecule has 5 nitrogen and oxygen atoms in total. The van der Waals surface area contributed by atoms with Gasteiger partial charge in [0, 0.05) is 5.41 Å². The van der Waals surface area contributed by atoms with Crippen LogP contribution in [0, 0.1) is 0 Å². The van der Waals surface area contributed by atoms with Gasteiger partial charge in [-0.2, -0.15) is 26.3 Å². The lowest BCUT2D eigenvalue weighted by atomic mass is 9.64. The van der Waals surface area contributed by atoms with E-state index in [0.717, 1.165) is 30.5 Å². The number of hydrogen-bond acceptors (Lipinski definition) is 4. The Morgan fingerprint density at radius 2 is 1.57 bits per heavy atom. The molecule has 0 unspecified atom stereocenters. The number of rotatable bonds is 5. The molecule has 1 aliphatic heterocycles. The van der Waals surface area contributed by atoms with E-state index in [0.29, 0.717) is 25.5 Å². The van der Waals surface area contributed by atoms with Crippen LogP contribution >= 0.6 is 0 Å². The molecule has 5 rings (SSSR count). The summed E-state index contributed by atoms with van der Waals surface area (Å²) in [6, 6.07) is 11.7. The summed E-state index contributed by atoms with van der Waals surface area (Å²) >= 11 is 0. The van der Waals surface area contributed by atoms with Crippen molar-refractivity contribution in [2.75, 3.05) is 13.2 Å². The van der Waals surface area contributed by atoms with E-state index in [-0.39, 0.29) is 23.8 Å². The van der Waals surface area contributed by atoms with Crippen LogP contribution in [0.1, 0.15) is 61.0 Å². The quantitative estimate of drug-likeness (QED) is 0.348. The van der Waals surface area contributed by atoms with Crippen molar-refractivity contribution in [2.45, 2.75) is 62.0 Å². The third-order valence-corrected chi connectivity index (χ3v) is 7.71. The first-order valence-electron chi connectivity index (χ1n) is 11.9. The molecule has 1 aromatic heterocycles. The number of nitrogens with zero attached hydrogens (tertiary/aromatic N) is 3. The summed E-state index contributed by atoms with van der Waals surface area (Å²) < 4.78 is 93.9. The predicted octanol–water partition coefficient (Wildman–Crippen LogP) is 6.69. The Balaban J connectivity index is 1.40. The summed E-state index contributed by atoms with van der Waals surface area (Å²) in [5.74, 6) is 0. The van der Waals surface area contributed by atoms with Crippen molar-refractivity contribution in [2.24, 2.45) is 0 Å². The van der Waals surface area contributed by atoms with Crippen LogP contribution in [-0.2, 0) is 28.0 Å². The molecule has 1 atom stereocenters. The molecular formula is C26H25F6N3O2. The van der Waals surface area contributed by atoms with Gasteiger partial charge in [-0.05, 0) is 61.9 Å². The van der Waals surface area contributed by atoms with Gasteiger partial charge in [-0.15, -0.1) is 5.10 Å². The fraction of sp³-hybridized carbons (Fsp3) is 0.462. The van der Waals surface area contributed by atoms with Gasteiger partial charge in [0.2, 0.25) is 0 Å². The van der Waals surface area contributed by atoms with E-state index < -0.39 is 35.0 Å². The Labute approximate surface area is 209 Å². The fourth-order valence-corrected chi connectivity index (χ4v) is 5.40. The second-order valence-corrected chi connectivity index (χ2v) is 9.94.